The molecule has 0 aromatic carbocycles. The summed E-state index contributed by atoms with van der Waals surface area (Å²) in [5, 5.41) is 19.0. The van der Waals surface area contributed by atoms with Crippen molar-refractivity contribution < 1.29 is 29.5 Å². The van der Waals surface area contributed by atoms with Crippen molar-refractivity contribution in [1.29, 1.82) is 0 Å². The monoisotopic (exact) mass is 235 g/mol. The third-order valence-electron chi connectivity index (χ3n) is 1.54. The van der Waals surface area contributed by atoms with Gasteiger partial charge in [0.2, 0.25) is 0 Å². The predicted octanol–water partition coefficient (Wildman–Crippen LogP) is 0.0895. The van der Waals surface area contributed by atoms with Crippen molar-refractivity contribution in [2.75, 3.05) is 6.61 Å². The van der Waals surface area contributed by atoms with Crippen LogP contribution in [0.1, 0.15) is 5.82 Å². The van der Waals surface area contributed by atoms with Gasteiger partial charge >= 0.3 is 25.3 Å². The summed E-state index contributed by atoms with van der Waals surface area (Å²) in [5.74, 6) is 0.456. The molecule has 0 aliphatic heterocycles. The second-order valence-corrected chi connectivity index (χ2v) is 2.30. The van der Waals surface area contributed by atoms with E-state index in [9.17, 15) is 10.1 Å². The van der Waals surface area contributed by atoms with E-state index in [1.165, 1.54) is 10.8 Å². The zero-order valence-corrected chi connectivity index (χ0v) is 10.3. The Morgan fingerprint density at radius 3 is 2.85 bits per heavy atom. The smallest absolute Gasteiger partial charge is 0.392 e. The maximum absolute atomic E-state index is 10.4. The first-order valence-electron chi connectivity index (χ1n) is 3.44. The van der Waals surface area contributed by atoms with Crippen molar-refractivity contribution in [3.8, 4) is 0 Å². The number of hydrogen-bond acceptors (Lipinski definition) is 4. The molecule has 0 aliphatic rings. The topological polar surface area (TPSA) is 81.2 Å². The average Bonchev–Trinajstić information content (AvgIpc) is 2.34. The second-order valence-electron chi connectivity index (χ2n) is 2.30. The molecule has 6 nitrogen and oxygen atoms in total. The fraction of sp³-hybridized carbons (Fsp3) is 0.500. The Labute approximate surface area is 87.5 Å². The maximum Gasteiger partial charge on any atom is 2.00 e. The number of rotatable bonds is 3. The Morgan fingerprint density at radius 1 is 1.77 bits per heavy atom. The number of aliphatic hydroxyl groups is 1. The molecule has 0 saturated carbocycles. The van der Waals surface area contributed by atoms with Crippen molar-refractivity contribution in [3.63, 3.8) is 0 Å². The molecule has 0 saturated heterocycles. The fourth-order valence-electron chi connectivity index (χ4n) is 0.978. The number of aryl methyl sites for hydroxylation is 1. The van der Waals surface area contributed by atoms with Gasteiger partial charge < -0.3 is 15.2 Å². The number of nitrogens with zero attached hydrogens (tertiary/aromatic N) is 3. The van der Waals surface area contributed by atoms with Crippen LogP contribution in [0.3, 0.4) is 0 Å². The van der Waals surface area contributed by atoms with E-state index in [1.54, 1.807) is 6.92 Å². The number of aromatic nitrogens is 2. The molecule has 1 N–H and O–H groups in total. The molecule has 0 unspecified atom stereocenters. The summed E-state index contributed by atoms with van der Waals surface area (Å²) in [6.07, 6.45) is 1.19. The van der Waals surface area contributed by atoms with Crippen LogP contribution in [0.15, 0.2) is 6.20 Å². The van der Waals surface area contributed by atoms with Gasteiger partial charge in [0.05, 0.1) is 6.61 Å². The van der Waals surface area contributed by atoms with E-state index >= 15 is 0 Å². The van der Waals surface area contributed by atoms with Crippen molar-refractivity contribution in [2.45, 2.75) is 13.5 Å². The van der Waals surface area contributed by atoms with E-state index in [2.05, 4.69) is 4.98 Å². The van der Waals surface area contributed by atoms with Gasteiger partial charge in [0, 0.05) is 6.92 Å². The van der Waals surface area contributed by atoms with Crippen molar-refractivity contribution in [3.05, 3.63) is 22.1 Å². The summed E-state index contributed by atoms with van der Waals surface area (Å²) in [4.78, 5) is 13.6. The first-order valence-corrected chi connectivity index (χ1v) is 3.44. The summed E-state index contributed by atoms with van der Waals surface area (Å²) < 4.78 is 1.36. The molecular weight excluding hydrogens is 227 g/mol. The Balaban J connectivity index is 0.00000144. The van der Waals surface area contributed by atoms with Gasteiger partial charge in [-0.15, -0.1) is 0 Å². The van der Waals surface area contributed by atoms with Crippen molar-refractivity contribution in [2.24, 2.45) is 0 Å². The first-order chi connectivity index (χ1) is 5.66. The summed E-state index contributed by atoms with van der Waals surface area (Å²) in [6, 6.07) is 0. The Bertz CT molecular complexity index is 299. The first kappa shape index (κ1) is 12.2. The van der Waals surface area contributed by atoms with E-state index in [1.807, 2.05) is 0 Å². The van der Waals surface area contributed by atoms with E-state index in [0.717, 1.165) is 0 Å². The Morgan fingerprint density at radius 2 is 2.38 bits per heavy atom. The average molecular weight is 237 g/mol. The third-order valence-corrected chi connectivity index (χ3v) is 1.54. The minimum absolute atomic E-state index is 0. The SMILES string of the molecule is Cc1ncc([N+](=O)[O-])n1CCO.[Zn+2]. The molecule has 0 bridgehead atoms. The molecule has 0 spiro atoms. The molecule has 0 fully saturated rings. The van der Waals surface area contributed by atoms with E-state index in [4.69, 9.17) is 5.11 Å². The van der Waals surface area contributed by atoms with Crippen LogP contribution < -0.4 is 0 Å². The van der Waals surface area contributed by atoms with Crippen LogP contribution >= 0.6 is 0 Å². The van der Waals surface area contributed by atoms with Crippen LogP contribution in [0.25, 0.3) is 0 Å². The van der Waals surface area contributed by atoms with Crippen LogP contribution in [-0.2, 0) is 26.0 Å². The Hall–Kier alpha value is -0.807. The van der Waals surface area contributed by atoms with Crippen molar-refractivity contribution in [1.82, 2.24) is 9.55 Å². The minimum Gasteiger partial charge on any atom is -0.392 e. The molecule has 1 aromatic rings. The van der Waals surface area contributed by atoms with Gasteiger partial charge in [-0.1, -0.05) is 0 Å². The van der Waals surface area contributed by atoms with E-state index in [0.29, 0.717) is 5.82 Å². The molecule has 1 aromatic heterocycles. The number of imidazole rings is 1. The van der Waals surface area contributed by atoms with E-state index < -0.39 is 4.92 Å². The molecule has 7 heteroatoms. The zero-order valence-electron chi connectivity index (χ0n) is 7.30. The van der Waals surface area contributed by atoms with Gasteiger partial charge in [-0.2, -0.15) is 0 Å². The van der Waals surface area contributed by atoms with Gasteiger partial charge in [-0.3, -0.25) is 0 Å². The van der Waals surface area contributed by atoms with Crippen LogP contribution in [0.5, 0.6) is 0 Å². The van der Waals surface area contributed by atoms with Crippen LogP contribution in [-0.4, -0.2) is 26.2 Å². The molecule has 1 heterocycles. The van der Waals surface area contributed by atoms with Gasteiger partial charge in [0.25, 0.3) is 0 Å². The zero-order chi connectivity index (χ0) is 9.14. The standard InChI is InChI=1S/C6H9N3O3.Zn/c1-5-7-4-6(9(11)12)8(5)2-3-10;/h4,10H,2-3H2,1H3;/q;+2. The van der Waals surface area contributed by atoms with E-state index in [-0.39, 0.29) is 38.4 Å². The molecule has 0 aliphatic carbocycles. The molecule has 0 atom stereocenters. The fourth-order valence-corrected chi connectivity index (χ4v) is 0.978. The summed E-state index contributed by atoms with van der Waals surface area (Å²) >= 11 is 0. The van der Waals surface area contributed by atoms with Gasteiger partial charge in [-0.25, -0.2) is 9.55 Å². The predicted molar refractivity (Wildman–Crippen MR) is 40.7 cm³/mol. The molecular formula is C6H9N3O3Zn+2. The van der Waals surface area contributed by atoms with Crippen LogP contribution in [0.4, 0.5) is 5.82 Å². The molecule has 1 rings (SSSR count). The minimum atomic E-state index is -0.518. The number of aliphatic hydroxyl groups excluding tert-OH is 1. The largest absolute Gasteiger partial charge is 2.00 e. The molecule has 0 amide bonds. The Kier molecular flexibility index (Phi) is 4.73. The second kappa shape index (κ2) is 5.04. The maximum atomic E-state index is 10.4. The normalized spacial score (nSPS) is 9.38. The molecule has 13 heavy (non-hydrogen) atoms. The molecule has 66 valence electrons. The van der Waals surface area contributed by atoms with Gasteiger partial charge in [0.1, 0.15) is 12.7 Å². The van der Waals surface area contributed by atoms with Crippen molar-refractivity contribution >= 4 is 5.82 Å². The van der Waals surface area contributed by atoms with Gasteiger partial charge in [-0.05, 0) is 4.92 Å². The quantitative estimate of drug-likeness (QED) is 0.458. The molecule has 0 radical (unpaired) electrons. The summed E-state index contributed by atoms with van der Waals surface area (Å²) in [5.41, 5.74) is 0. The number of nitro groups is 1. The third kappa shape index (κ3) is 2.57. The van der Waals surface area contributed by atoms with Crippen LogP contribution in [0, 0.1) is 17.0 Å². The summed E-state index contributed by atoms with van der Waals surface area (Å²) in [7, 11) is 0. The summed E-state index contributed by atoms with van der Waals surface area (Å²) in [6.45, 7) is 1.74. The van der Waals surface area contributed by atoms with Gasteiger partial charge in [0.15, 0.2) is 5.82 Å². The van der Waals surface area contributed by atoms with Crippen LogP contribution in [0.2, 0.25) is 0 Å². The number of hydrogen-bond donors (Lipinski definition) is 1.